The summed E-state index contributed by atoms with van der Waals surface area (Å²) >= 11 is 1.37. The highest BCUT2D eigenvalue weighted by Crippen LogP contribution is 2.18. The van der Waals surface area contributed by atoms with Crippen molar-refractivity contribution in [1.29, 1.82) is 0 Å². The Morgan fingerprint density at radius 2 is 2.16 bits per heavy atom. The third kappa shape index (κ3) is 3.82. The van der Waals surface area contributed by atoms with Crippen molar-refractivity contribution in [2.75, 3.05) is 6.61 Å². The molecule has 1 N–H and O–H groups in total. The summed E-state index contributed by atoms with van der Waals surface area (Å²) < 4.78 is 5.35. The molecule has 5 nitrogen and oxygen atoms in total. The van der Waals surface area contributed by atoms with Crippen LogP contribution in [-0.2, 0) is 4.79 Å². The van der Waals surface area contributed by atoms with Gasteiger partial charge in [-0.25, -0.2) is 0 Å². The number of hydrogen-bond acceptors (Lipinski definition) is 5. The van der Waals surface area contributed by atoms with Crippen molar-refractivity contribution in [3.63, 3.8) is 0 Å². The Kier molecular flexibility index (Phi) is 4.57. The number of nitrogens with zero attached hydrogens (tertiary/aromatic N) is 2. The summed E-state index contributed by atoms with van der Waals surface area (Å²) in [5.41, 5.74) is 0.926. The van der Waals surface area contributed by atoms with Crippen LogP contribution in [0.15, 0.2) is 34.5 Å². The number of thioether (sulfide) groups is 1. The van der Waals surface area contributed by atoms with Gasteiger partial charge < -0.3 is 10.1 Å². The van der Waals surface area contributed by atoms with Gasteiger partial charge >= 0.3 is 0 Å². The Hall–Kier alpha value is -1.82. The molecule has 1 aromatic carbocycles. The molecule has 0 radical (unpaired) electrons. The molecule has 1 atom stereocenters. The number of ether oxygens (including phenoxy) is 1. The number of nitrogens with one attached hydrogen (secondary N) is 1. The molecule has 0 aromatic heterocycles. The van der Waals surface area contributed by atoms with Gasteiger partial charge in [0.05, 0.1) is 18.1 Å². The molecule has 1 saturated heterocycles. The van der Waals surface area contributed by atoms with Gasteiger partial charge in [-0.15, -0.1) is 5.10 Å². The van der Waals surface area contributed by atoms with Gasteiger partial charge in [-0.05, 0) is 43.7 Å². The van der Waals surface area contributed by atoms with Gasteiger partial charge in [0.25, 0.3) is 0 Å². The van der Waals surface area contributed by atoms with E-state index in [1.165, 1.54) is 11.8 Å². The second-order valence-electron chi connectivity index (χ2n) is 3.90. The monoisotopic (exact) mass is 277 g/mol. The van der Waals surface area contributed by atoms with Crippen LogP contribution < -0.4 is 10.1 Å². The number of carbonyl (C=O) groups excluding carboxylic acids is 1. The molecule has 1 aliphatic rings. The average molecular weight is 277 g/mol. The zero-order valence-corrected chi connectivity index (χ0v) is 11.6. The highest BCUT2D eigenvalue weighted by Gasteiger charge is 2.25. The molecule has 19 heavy (non-hydrogen) atoms. The Bertz CT molecular complexity index is 511. The van der Waals surface area contributed by atoms with Crippen LogP contribution in [0.5, 0.6) is 5.75 Å². The first kappa shape index (κ1) is 13.6. The van der Waals surface area contributed by atoms with Crippen LogP contribution in [0.3, 0.4) is 0 Å². The van der Waals surface area contributed by atoms with Crippen molar-refractivity contribution in [3.05, 3.63) is 29.8 Å². The van der Waals surface area contributed by atoms with E-state index in [9.17, 15) is 4.79 Å². The third-order valence-corrected chi connectivity index (χ3v) is 3.41. The molecule has 1 aromatic rings. The molecular weight excluding hydrogens is 262 g/mol. The second-order valence-corrected chi connectivity index (χ2v) is 5.23. The summed E-state index contributed by atoms with van der Waals surface area (Å²) in [5.74, 6) is 0.804. The summed E-state index contributed by atoms with van der Waals surface area (Å²) in [4.78, 5) is 11.2. The van der Waals surface area contributed by atoms with Crippen LogP contribution in [-0.4, -0.2) is 29.1 Å². The van der Waals surface area contributed by atoms with Crippen molar-refractivity contribution >= 4 is 29.1 Å². The maximum atomic E-state index is 11.2. The molecular formula is C13H15N3O2S. The zero-order valence-electron chi connectivity index (χ0n) is 10.8. The Balaban J connectivity index is 1.95. The van der Waals surface area contributed by atoms with Crippen LogP contribution in [0.1, 0.15) is 19.4 Å². The van der Waals surface area contributed by atoms with Crippen LogP contribution in [0.25, 0.3) is 0 Å². The SMILES string of the molecule is CCOc1ccc(/C=N/N=C2/NC(=O)C(C)S2)cc1. The van der Waals surface area contributed by atoms with Gasteiger partial charge in [0.2, 0.25) is 5.91 Å². The topological polar surface area (TPSA) is 63.1 Å². The van der Waals surface area contributed by atoms with Gasteiger partial charge in [-0.2, -0.15) is 5.10 Å². The van der Waals surface area contributed by atoms with E-state index in [1.807, 2.05) is 38.1 Å². The van der Waals surface area contributed by atoms with E-state index in [2.05, 4.69) is 15.5 Å². The summed E-state index contributed by atoms with van der Waals surface area (Å²) in [5, 5.41) is 11.0. The normalized spacial score (nSPS) is 21.1. The lowest BCUT2D eigenvalue weighted by atomic mass is 10.2. The number of amidine groups is 1. The number of carbonyl (C=O) groups is 1. The smallest absolute Gasteiger partial charge is 0.239 e. The van der Waals surface area contributed by atoms with Crippen LogP contribution in [0, 0.1) is 0 Å². The van der Waals surface area contributed by atoms with Crippen LogP contribution in [0.4, 0.5) is 0 Å². The summed E-state index contributed by atoms with van der Waals surface area (Å²) in [7, 11) is 0. The van der Waals surface area contributed by atoms with Crippen molar-refractivity contribution < 1.29 is 9.53 Å². The molecule has 0 spiro atoms. The Morgan fingerprint density at radius 1 is 1.42 bits per heavy atom. The largest absolute Gasteiger partial charge is 0.494 e. The minimum atomic E-state index is -0.0978. The first-order valence-electron chi connectivity index (χ1n) is 6.00. The molecule has 1 amide bonds. The molecule has 0 saturated carbocycles. The van der Waals surface area contributed by atoms with Crippen molar-refractivity contribution in [2.24, 2.45) is 10.2 Å². The summed E-state index contributed by atoms with van der Waals surface area (Å²) in [6.45, 7) is 4.43. The standard InChI is InChI=1S/C13H15N3O2S/c1-3-18-11-6-4-10(5-7-11)8-14-16-13-15-12(17)9(2)19-13/h4-9H,3H2,1-2H3,(H,15,16,17)/b14-8+. The molecule has 1 unspecified atom stereocenters. The first-order chi connectivity index (χ1) is 9.19. The number of benzene rings is 1. The molecule has 1 aliphatic heterocycles. The molecule has 0 bridgehead atoms. The van der Waals surface area contributed by atoms with Crippen molar-refractivity contribution in [2.45, 2.75) is 19.1 Å². The molecule has 1 heterocycles. The van der Waals surface area contributed by atoms with Crippen molar-refractivity contribution in [1.82, 2.24) is 5.32 Å². The van der Waals surface area contributed by atoms with Crippen molar-refractivity contribution in [3.8, 4) is 5.75 Å². The van der Waals surface area contributed by atoms with E-state index in [0.717, 1.165) is 11.3 Å². The van der Waals surface area contributed by atoms with Gasteiger partial charge in [0, 0.05) is 0 Å². The lowest BCUT2D eigenvalue weighted by Gasteiger charge is -2.01. The van der Waals surface area contributed by atoms with E-state index in [4.69, 9.17) is 4.74 Å². The number of hydrogen-bond donors (Lipinski definition) is 1. The van der Waals surface area contributed by atoms with Gasteiger partial charge in [-0.3, -0.25) is 4.79 Å². The summed E-state index contributed by atoms with van der Waals surface area (Å²) in [6, 6.07) is 7.56. The molecule has 6 heteroatoms. The van der Waals surface area contributed by atoms with Crippen LogP contribution in [0.2, 0.25) is 0 Å². The average Bonchev–Trinajstić information content (AvgIpc) is 2.71. The maximum absolute atomic E-state index is 11.2. The fourth-order valence-corrected chi connectivity index (χ4v) is 2.23. The van der Waals surface area contributed by atoms with E-state index in [1.54, 1.807) is 6.21 Å². The second kappa shape index (κ2) is 6.38. The first-order valence-corrected chi connectivity index (χ1v) is 6.88. The molecule has 1 fully saturated rings. The van der Waals surface area contributed by atoms with E-state index in [0.29, 0.717) is 11.8 Å². The lowest BCUT2D eigenvalue weighted by molar-refractivity contribution is -0.118. The minimum absolute atomic E-state index is 0.0278. The van der Waals surface area contributed by atoms with E-state index < -0.39 is 0 Å². The number of rotatable bonds is 4. The predicted octanol–water partition coefficient (Wildman–Crippen LogP) is 2.03. The molecule has 2 rings (SSSR count). The zero-order chi connectivity index (χ0) is 13.7. The quantitative estimate of drug-likeness (QED) is 0.676. The highest BCUT2D eigenvalue weighted by atomic mass is 32.2. The van der Waals surface area contributed by atoms with Gasteiger partial charge in [0.15, 0.2) is 5.17 Å². The fourth-order valence-electron chi connectivity index (χ4n) is 1.47. The van der Waals surface area contributed by atoms with Gasteiger partial charge in [-0.1, -0.05) is 11.8 Å². The van der Waals surface area contributed by atoms with E-state index >= 15 is 0 Å². The Morgan fingerprint density at radius 3 is 2.74 bits per heavy atom. The third-order valence-electron chi connectivity index (χ3n) is 2.43. The predicted molar refractivity (Wildman–Crippen MR) is 77.8 cm³/mol. The highest BCUT2D eigenvalue weighted by molar-refractivity contribution is 8.15. The van der Waals surface area contributed by atoms with Crippen LogP contribution >= 0.6 is 11.8 Å². The summed E-state index contributed by atoms with van der Waals surface area (Å²) in [6.07, 6.45) is 1.64. The lowest BCUT2D eigenvalue weighted by Crippen LogP contribution is -2.23. The maximum Gasteiger partial charge on any atom is 0.239 e. The Labute approximate surface area is 116 Å². The van der Waals surface area contributed by atoms with Gasteiger partial charge in [0.1, 0.15) is 5.75 Å². The molecule has 0 aliphatic carbocycles. The fraction of sp³-hybridized carbons (Fsp3) is 0.308. The number of amides is 1. The minimum Gasteiger partial charge on any atom is -0.494 e. The van der Waals surface area contributed by atoms with E-state index in [-0.39, 0.29) is 11.2 Å². The molecule has 100 valence electrons.